The molecule has 0 saturated heterocycles. The van der Waals surface area contributed by atoms with Gasteiger partial charge in [-0.15, -0.1) is 0 Å². The molecule has 1 atom stereocenters. The molecule has 0 aliphatic carbocycles. The van der Waals surface area contributed by atoms with E-state index in [0.29, 0.717) is 28.6 Å². The summed E-state index contributed by atoms with van der Waals surface area (Å²) in [5, 5.41) is 9.70. The second-order valence-corrected chi connectivity index (χ2v) is 6.29. The van der Waals surface area contributed by atoms with Gasteiger partial charge in [-0.05, 0) is 50.2 Å². The Bertz CT molecular complexity index is 1110. The van der Waals surface area contributed by atoms with Crippen LogP contribution in [0.25, 0.3) is 16.9 Å². The summed E-state index contributed by atoms with van der Waals surface area (Å²) in [4.78, 5) is 21.3. The zero-order valence-corrected chi connectivity index (χ0v) is 14.8. The number of hydrogen-bond acceptors (Lipinski definition) is 4. The number of pyridine rings is 1. The van der Waals surface area contributed by atoms with Gasteiger partial charge in [-0.2, -0.15) is 5.10 Å². The Morgan fingerprint density at radius 2 is 1.93 bits per heavy atom. The van der Waals surface area contributed by atoms with Gasteiger partial charge in [0.2, 0.25) is 0 Å². The topological polar surface area (TPSA) is 88.0 Å². The molecule has 2 N–H and O–H groups in total. The lowest BCUT2D eigenvalue weighted by atomic mass is 10.2. The maximum Gasteiger partial charge on any atom is 0.253 e. The number of nitrogens with one attached hydrogen (secondary N) is 2. The van der Waals surface area contributed by atoms with Gasteiger partial charge in [0, 0.05) is 18.0 Å². The molecule has 1 aromatic carbocycles. The van der Waals surface area contributed by atoms with Crippen molar-refractivity contribution in [3.8, 4) is 11.3 Å². The molecule has 4 rings (SSSR count). The Labute approximate surface area is 154 Å². The van der Waals surface area contributed by atoms with Gasteiger partial charge in [0.1, 0.15) is 17.3 Å². The first kappa shape index (κ1) is 16.9. The van der Waals surface area contributed by atoms with Crippen LogP contribution in [0.2, 0.25) is 0 Å². The van der Waals surface area contributed by atoms with E-state index in [1.54, 1.807) is 48.0 Å². The second kappa shape index (κ2) is 6.64. The molecular formula is C19H17FN6O. The van der Waals surface area contributed by atoms with E-state index in [1.165, 1.54) is 12.1 Å². The molecule has 0 fully saturated rings. The van der Waals surface area contributed by atoms with E-state index in [0.717, 1.165) is 5.56 Å². The highest BCUT2D eigenvalue weighted by atomic mass is 19.1. The molecule has 7 nitrogen and oxygen atoms in total. The Hall–Kier alpha value is -3.55. The number of benzene rings is 1. The molecule has 3 aromatic heterocycles. The Morgan fingerprint density at radius 3 is 2.63 bits per heavy atom. The number of carbonyl (C=O) groups excluding carboxylic acids is 1. The fraction of sp³-hybridized carbons (Fsp3) is 0.158. The number of amides is 1. The van der Waals surface area contributed by atoms with Crippen molar-refractivity contribution < 1.29 is 9.18 Å². The number of hydrogen-bond donors (Lipinski definition) is 2. The van der Waals surface area contributed by atoms with Crippen LogP contribution in [0.15, 0.2) is 48.8 Å². The molecule has 0 radical (unpaired) electrons. The first-order chi connectivity index (χ1) is 13.0. The van der Waals surface area contributed by atoms with Gasteiger partial charge in [0.05, 0.1) is 17.3 Å². The van der Waals surface area contributed by atoms with Crippen LogP contribution in [0.4, 0.5) is 4.39 Å². The van der Waals surface area contributed by atoms with Gasteiger partial charge in [-0.25, -0.2) is 14.4 Å². The summed E-state index contributed by atoms with van der Waals surface area (Å²) in [7, 11) is 0. The molecule has 0 bridgehead atoms. The smallest absolute Gasteiger partial charge is 0.253 e. The molecule has 8 heteroatoms. The number of imidazole rings is 1. The van der Waals surface area contributed by atoms with Gasteiger partial charge in [-0.3, -0.25) is 9.89 Å². The number of H-pyrrole nitrogens is 1. The van der Waals surface area contributed by atoms with Crippen LogP contribution in [0.3, 0.4) is 0 Å². The largest absolute Gasteiger partial charge is 0.342 e. The van der Waals surface area contributed by atoms with Gasteiger partial charge in [0.25, 0.3) is 5.91 Å². The highest BCUT2D eigenvalue weighted by molar-refractivity contribution is 5.94. The zero-order valence-electron chi connectivity index (χ0n) is 14.8. The molecule has 0 spiro atoms. The van der Waals surface area contributed by atoms with Crippen LogP contribution in [0.5, 0.6) is 0 Å². The Morgan fingerprint density at radius 1 is 1.15 bits per heavy atom. The van der Waals surface area contributed by atoms with Crippen molar-refractivity contribution in [2.45, 2.75) is 19.9 Å². The number of halogens is 1. The van der Waals surface area contributed by atoms with Crippen molar-refractivity contribution >= 4 is 11.6 Å². The van der Waals surface area contributed by atoms with E-state index in [9.17, 15) is 9.18 Å². The summed E-state index contributed by atoms with van der Waals surface area (Å²) in [6.45, 7) is 3.62. The number of fused-ring (bicyclic) bond motifs is 1. The van der Waals surface area contributed by atoms with Crippen molar-refractivity contribution in [1.82, 2.24) is 29.9 Å². The number of carbonyl (C=O) groups is 1. The lowest BCUT2D eigenvalue weighted by molar-refractivity contribution is 0.0938. The van der Waals surface area contributed by atoms with Crippen LogP contribution in [-0.2, 0) is 0 Å². The van der Waals surface area contributed by atoms with Crippen LogP contribution < -0.4 is 5.32 Å². The van der Waals surface area contributed by atoms with Crippen molar-refractivity contribution in [3.05, 3.63) is 71.8 Å². The molecule has 1 unspecified atom stereocenters. The standard InChI is InChI=1S/C19H17FN6O/c1-11(18-22-12(2)24-25-18)21-19(27)14-5-8-17-23-16(10-26(17)9-14)13-3-6-15(20)7-4-13/h3-11H,1-2H3,(H,21,27)(H,22,24,25). The monoisotopic (exact) mass is 364 g/mol. The lowest BCUT2D eigenvalue weighted by Gasteiger charge is -2.10. The summed E-state index contributed by atoms with van der Waals surface area (Å²) in [6.07, 6.45) is 3.52. The summed E-state index contributed by atoms with van der Waals surface area (Å²) >= 11 is 0. The maximum atomic E-state index is 13.1. The van der Waals surface area contributed by atoms with Crippen LogP contribution in [0, 0.1) is 12.7 Å². The summed E-state index contributed by atoms with van der Waals surface area (Å²) in [6, 6.07) is 9.28. The molecular weight excluding hydrogens is 347 g/mol. The molecule has 27 heavy (non-hydrogen) atoms. The number of aromatic nitrogens is 5. The Balaban J connectivity index is 1.57. The third-order valence-electron chi connectivity index (χ3n) is 4.20. The number of aryl methyl sites for hydroxylation is 1. The summed E-state index contributed by atoms with van der Waals surface area (Å²) in [5.41, 5.74) is 2.70. The maximum absolute atomic E-state index is 13.1. The SMILES string of the molecule is Cc1nc(C(C)NC(=O)c2ccc3nc(-c4ccc(F)cc4)cn3c2)n[nH]1. The van der Waals surface area contributed by atoms with Crippen molar-refractivity contribution in [3.63, 3.8) is 0 Å². The molecule has 0 aliphatic rings. The summed E-state index contributed by atoms with van der Waals surface area (Å²) < 4.78 is 14.9. The van der Waals surface area contributed by atoms with Crippen LogP contribution in [-0.4, -0.2) is 30.5 Å². The minimum absolute atomic E-state index is 0.233. The molecule has 3 heterocycles. The highest BCUT2D eigenvalue weighted by Gasteiger charge is 2.16. The normalized spacial score (nSPS) is 12.3. The third kappa shape index (κ3) is 3.41. The third-order valence-corrected chi connectivity index (χ3v) is 4.20. The number of nitrogens with zero attached hydrogens (tertiary/aromatic N) is 4. The van der Waals surface area contributed by atoms with Crippen molar-refractivity contribution in [2.24, 2.45) is 0 Å². The van der Waals surface area contributed by atoms with Gasteiger partial charge in [0.15, 0.2) is 5.82 Å². The predicted octanol–water partition coefficient (Wildman–Crippen LogP) is 3.06. The zero-order chi connectivity index (χ0) is 19.0. The number of rotatable bonds is 4. The van der Waals surface area contributed by atoms with E-state index < -0.39 is 0 Å². The fourth-order valence-corrected chi connectivity index (χ4v) is 2.78. The first-order valence-electron chi connectivity index (χ1n) is 8.44. The molecule has 1 amide bonds. The number of aromatic amines is 1. The molecule has 0 aliphatic heterocycles. The molecule has 0 saturated carbocycles. The van der Waals surface area contributed by atoms with E-state index in [-0.39, 0.29) is 17.8 Å². The van der Waals surface area contributed by atoms with Crippen LogP contribution >= 0.6 is 0 Å². The van der Waals surface area contributed by atoms with Crippen LogP contribution in [0.1, 0.15) is 35.0 Å². The van der Waals surface area contributed by atoms with Crippen molar-refractivity contribution in [2.75, 3.05) is 0 Å². The molecule has 136 valence electrons. The van der Waals surface area contributed by atoms with E-state index >= 15 is 0 Å². The fourth-order valence-electron chi connectivity index (χ4n) is 2.78. The molecule has 4 aromatic rings. The van der Waals surface area contributed by atoms with E-state index in [4.69, 9.17) is 0 Å². The van der Waals surface area contributed by atoms with Gasteiger partial charge >= 0.3 is 0 Å². The average molecular weight is 364 g/mol. The average Bonchev–Trinajstić information content (AvgIpc) is 3.27. The van der Waals surface area contributed by atoms with E-state index in [1.807, 2.05) is 6.92 Å². The predicted molar refractivity (Wildman–Crippen MR) is 97.6 cm³/mol. The lowest BCUT2D eigenvalue weighted by Crippen LogP contribution is -2.27. The highest BCUT2D eigenvalue weighted by Crippen LogP contribution is 2.20. The summed E-state index contributed by atoms with van der Waals surface area (Å²) in [5.74, 6) is 0.698. The van der Waals surface area contributed by atoms with Crippen molar-refractivity contribution in [1.29, 1.82) is 0 Å². The van der Waals surface area contributed by atoms with Gasteiger partial charge in [-0.1, -0.05) is 0 Å². The van der Waals surface area contributed by atoms with E-state index in [2.05, 4.69) is 25.5 Å². The minimum atomic E-state index is -0.323. The minimum Gasteiger partial charge on any atom is -0.342 e. The Kier molecular flexibility index (Phi) is 4.15. The first-order valence-corrected chi connectivity index (χ1v) is 8.44. The second-order valence-electron chi connectivity index (χ2n) is 6.29. The van der Waals surface area contributed by atoms with Gasteiger partial charge < -0.3 is 9.72 Å². The quantitative estimate of drug-likeness (QED) is 0.583.